The van der Waals surface area contributed by atoms with E-state index in [9.17, 15) is 9.59 Å². The van der Waals surface area contributed by atoms with Gasteiger partial charge in [-0.25, -0.2) is 4.79 Å². The van der Waals surface area contributed by atoms with Gasteiger partial charge in [-0.15, -0.1) is 6.58 Å². The average molecular weight is 355 g/mol. The molecule has 1 saturated heterocycles. The van der Waals surface area contributed by atoms with Crippen LogP contribution in [-0.4, -0.2) is 45.7 Å². The number of hydrogen-bond acceptors (Lipinski definition) is 4. The summed E-state index contributed by atoms with van der Waals surface area (Å²) in [6.45, 7) is 10.2. The Kier molecular flexibility index (Phi) is 4.61. The van der Waals surface area contributed by atoms with Gasteiger partial charge in [-0.3, -0.25) is 9.89 Å². The molecule has 0 spiro atoms. The molecule has 1 aliphatic rings. The highest BCUT2D eigenvalue weighted by Crippen LogP contribution is 2.38. The van der Waals surface area contributed by atoms with Crippen molar-refractivity contribution in [2.75, 3.05) is 13.1 Å². The summed E-state index contributed by atoms with van der Waals surface area (Å²) in [4.78, 5) is 27.4. The van der Waals surface area contributed by atoms with E-state index in [1.165, 1.54) is 0 Å². The molecule has 1 unspecified atom stereocenters. The van der Waals surface area contributed by atoms with E-state index in [1.807, 2.05) is 39.0 Å². The van der Waals surface area contributed by atoms with Gasteiger partial charge in [0.1, 0.15) is 5.60 Å². The predicted molar refractivity (Wildman–Crippen MR) is 100 cm³/mol. The molecule has 0 bridgehead atoms. The van der Waals surface area contributed by atoms with Gasteiger partial charge in [0, 0.05) is 24.0 Å². The molecule has 1 aromatic carbocycles. The molecule has 1 amide bonds. The minimum atomic E-state index is -0.657. The fraction of sp³-hybridized carbons (Fsp3) is 0.450. The van der Waals surface area contributed by atoms with E-state index in [-0.39, 0.29) is 11.9 Å². The van der Waals surface area contributed by atoms with Crippen molar-refractivity contribution in [2.45, 2.75) is 39.2 Å². The number of carbonyl (C=O) groups excluding carboxylic acids is 2. The van der Waals surface area contributed by atoms with Crippen molar-refractivity contribution in [3.8, 4) is 0 Å². The standard InChI is InChI=1S/C20H25N3O3/c1-5-8-20(9-10-23(13-20)18(25)26-19(2,3)4)17(24)14-6-7-16-15(11-14)12-21-22-16/h5-7,11-12H,1,8-10,13H2,2-4H3,(H,21,22). The van der Waals surface area contributed by atoms with Crippen LogP contribution in [0.5, 0.6) is 0 Å². The van der Waals surface area contributed by atoms with Crippen LogP contribution in [0, 0.1) is 5.41 Å². The van der Waals surface area contributed by atoms with Gasteiger partial charge in [0.15, 0.2) is 5.78 Å². The van der Waals surface area contributed by atoms with Crippen LogP contribution in [0.25, 0.3) is 10.9 Å². The minimum absolute atomic E-state index is 0.0339. The normalized spacial score (nSPS) is 20.3. The Bertz CT molecular complexity index is 849. The maximum Gasteiger partial charge on any atom is 0.410 e. The Morgan fingerprint density at radius 2 is 2.19 bits per heavy atom. The van der Waals surface area contributed by atoms with Crippen molar-refractivity contribution in [1.82, 2.24) is 15.1 Å². The average Bonchev–Trinajstić information content (AvgIpc) is 3.19. The molecule has 0 aliphatic carbocycles. The van der Waals surface area contributed by atoms with Gasteiger partial charge in [-0.2, -0.15) is 5.10 Å². The van der Waals surface area contributed by atoms with Crippen molar-refractivity contribution in [1.29, 1.82) is 0 Å². The fourth-order valence-corrected chi connectivity index (χ4v) is 3.47. The summed E-state index contributed by atoms with van der Waals surface area (Å²) in [5, 5.41) is 7.78. The highest BCUT2D eigenvalue weighted by molar-refractivity contribution is 6.03. The van der Waals surface area contributed by atoms with Crippen molar-refractivity contribution < 1.29 is 14.3 Å². The molecule has 1 fully saturated rings. The molecule has 2 heterocycles. The first-order chi connectivity index (χ1) is 12.2. The highest BCUT2D eigenvalue weighted by Gasteiger charge is 2.46. The first kappa shape index (κ1) is 18.2. The second-order valence-electron chi connectivity index (χ2n) is 7.93. The molecule has 26 heavy (non-hydrogen) atoms. The quantitative estimate of drug-likeness (QED) is 0.665. The third-order valence-electron chi connectivity index (χ3n) is 4.72. The van der Waals surface area contributed by atoms with E-state index in [2.05, 4.69) is 16.8 Å². The Labute approximate surface area is 153 Å². The summed E-state index contributed by atoms with van der Waals surface area (Å²) < 4.78 is 5.46. The van der Waals surface area contributed by atoms with E-state index in [0.717, 1.165) is 10.9 Å². The van der Waals surface area contributed by atoms with Crippen molar-refractivity contribution in [2.24, 2.45) is 5.41 Å². The number of aromatic amines is 1. The second-order valence-corrected chi connectivity index (χ2v) is 7.93. The molecule has 1 atom stereocenters. The van der Waals surface area contributed by atoms with Crippen molar-refractivity contribution >= 4 is 22.8 Å². The van der Waals surface area contributed by atoms with Crippen LogP contribution < -0.4 is 0 Å². The van der Waals surface area contributed by atoms with E-state index < -0.39 is 11.0 Å². The number of allylic oxidation sites excluding steroid dienone is 1. The topological polar surface area (TPSA) is 75.3 Å². The van der Waals surface area contributed by atoms with E-state index in [1.54, 1.807) is 17.2 Å². The van der Waals surface area contributed by atoms with Crippen LogP contribution in [0.4, 0.5) is 4.79 Å². The predicted octanol–water partition coefficient (Wildman–Crippen LogP) is 3.95. The lowest BCUT2D eigenvalue weighted by atomic mass is 9.76. The van der Waals surface area contributed by atoms with E-state index >= 15 is 0 Å². The Balaban J connectivity index is 1.85. The number of likely N-dealkylation sites (tertiary alicyclic amines) is 1. The van der Waals surface area contributed by atoms with Crippen LogP contribution in [0.2, 0.25) is 0 Å². The van der Waals surface area contributed by atoms with Gasteiger partial charge < -0.3 is 9.64 Å². The zero-order valence-corrected chi connectivity index (χ0v) is 15.5. The molecule has 1 aliphatic heterocycles. The Morgan fingerprint density at radius 1 is 1.42 bits per heavy atom. The number of Topliss-reactive ketones (excluding diaryl/α,β-unsaturated/α-hetero) is 1. The zero-order chi connectivity index (χ0) is 18.9. The summed E-state index contributed by atoms with van der Waals surface area (Å²) in [5.41, 5.74) is 0.306. The number of amides is 1. The monoisotopic (exact) mass is 355 g/mol. The lowest BCUT2D eigenvalue weighted by Gasteiger charge is -2.28. The number of H-pyrrole nitrogens is 1. The lowest BCUT2D eigenvalue weighted by Crippen LogP contribution is -2.39. The third kappa shape index (κ3) is 3.49. The van der Waals surface area contributed by atoms with E-state index in [0.29, 0.717) is 31.5 Å². The van der Waals surface area contributed by atoms with Crippen molar-refractivity contribution in [3.63, 3.8) is 0 Å². The Morgan fingerprint density at radius 3 is 2.88 bits per heavy atom. The fourth-order valence-electron chi connectivity index (χ4n) is 3.47. The largest absolute Gasteiger partial charge is 0.444 e. The first-order valence-electron chi connectivity index (χ1n) is 8.81. The number of rotatable bonds is 4. The maximum absolute atomic E-state index is 13.3. The summed E-state index contributed by atoms with van der Waals surface area (Å²) in [5.74, 6) is 0.0339. The Hall–Kier alpha value is -2.63. The molecule has 138 valence electrons. The smallest absolute Gasteiger partial charge is 0.410 e. The van der Waals surface area contributed by atoms with Crippen LogP contribution in [0.1, 0.15) is 44.0 Å². The van der Waals surface area contributed by atoms with Gasteiger partial charge in [-0.1, -0.05) is 6.08 Å². The summed E-state index contributed by atoms with van der Waals surface area (Å²) in [7, 11) is 0. The number of nitrogens with one attached hydrogen (secondary N) is 1. The molecule has 0 radical (unpaired) electrons. The molecular formula is C20H25N3O3. The number of nitrogens with zero attached hydrogens (tertiary/aromatic N) is 2. The summed E-state index contributed by atoms with van der Waals surface area (Å²) in [6, 6.07) is 5.52. The summed E-state index contributed by atoms with van der Waals surface area (Å²) in [6.07, 6.45) is 4.21. The molecule has 6 nitrogen and oxygen atoms in total. The van der Waals surface area contributed by atoms with Crippen LogP contribution in [0.15, 0.2) is 37.1 Å². The molecule has 3 rings (SSSR count). The van der Waals surface area contributed by atoms with Crippen LogP contribution in [0.3, 0.4) is 0 Å². The molecule has 0 saturated carbocycles. The van der Waals surface area contributed by atoms with Gasteiger partial charge in [-0.05, 0) is 51.8 Å². The van der Waals surface area contributed by atoms with Crippen LogP contribution in [-0.2, 0) is 4.74 Å². The number of ether oxygens (including phenoxy) is 1. The molecular weight excluding hydrogens is 330 g/mol. The van der Waals surface area contributed by atoms with Gasteiger partial charge in [0.25, 0.3) is 0 Å². The lowest BCUT2D eigenvalue weighted by molar-refractivity contribution is 0.0274. The third-order valence-corrected chi connectivity index (χ3v) is 4.72. The number of benzene rings is 1. The summed E-state index contributed by atoms with van der Waals surface area (Å²) >= 11 is 0. The van der Waals surface area contributed by atoms with Crippen LogP contribution >= 0.6 is 0 Å². The molecule has 1 aromatic heterocycles. The number of aromatic nitrogens is 2. The highest BCUT2D eigenvalue weighted by atomic mass is 16.6. The minimum Gasteiger partial charge on any atom is -0.444 e. The van der Waals surface area contributed by atoms with Gasteiger partial charge in [0.05, 0.1) is 17.1 Å². The first-order valence-corrected chi connectivity index (χ1v) is 8.81. The van der Waals surface area contributed by atoms with Crippen molar-refractivity contribution in [3.05, 3.63) is 42.6 Å². The SMILES string of the molecule is C=CCC1(C(=O)c2ccc3[nH]ncc3c2)CCN(C(=O)OC(C)(C)C)C1. The number of fused-ring (bicyclic) bond motifs is 1. The molecule has 2 aromatic rings. The number of hydrogen-bond donors (Lipinski definition) is 1. The van der Waals surface area contributed by atoms with Gasteiger partial charge in [0.2, 0.25) is 0 Å². The maximum atomic E-state index is 13.3. The number of carbonyl (C=O) groups is 2. The zero-order valence-electron chi connectivity index (χ0n) is 15.5. The second kappa shape index (κ2) is 6.59. The molecule has 6 heteroatoms. The van der Waals surface area contributed by atoms with Gasteiger partial charge >= 0.3 is 6.09 Å². The number of ketones is 1. The van der Waals surface area contributed by atoms with E-state index in [4.69, 9.17) is 4.74 Å². The molecule has 1 N–H and O–H groups in total.